The fourth-order valence-corrected chi connectivity index (χ4v) is 2.70. The number of rotatable bonds is 1. The van der Waals surface area contributed by atoms with Crippen molar-refractivity contribution < 1.29 is 4.39 Å². The average Bonchev–Trinajstić information content (AvgIpc) is 2.71. The number of aromatic nitrogens is 2. The Morgan fingerprint density at radius 2 is 2.00 bits per heavy atom. The molecule has 0 aliphatic rings. The van der Waals surface area contributed by atoms with Gasteiger partial charge in [0.1, 0.15) is 11.6 Å². The van der Waals surface area contributed by atoms with Crippen molar-refractivity contribution in [3.8, 4) is 11.4 Å². The minimum atomic E-state index is -0.248. The fourth-order valence-electron chi connectivity index (χ4n) is 1.79. The van der Waals surface area contributed by atoms with E-state index in [-0.39, 0.29) is 5.82 Å². The van der Waals surface area contributed by atoms with Gasteiger partial charge in [-0.25, -0.2) is 9.37 Å². The molecule has 0 unspecified atom stereocenters. The third kappa shape index (κ3) is 2.10. The summed E-state index contributed by atoms with van der Waals surface area (Å²) < 4.78 is 13.9. The normalized spacial score (nSPS) is 11.1. The van der Waals surface area contributed by atoms with Gasteiger partial charge in [-0.2, -0.15) is 0 Å². The molecule has 0 aliphatic carbocycles. The van der Waals surface area contributed by atoms with Gasteiger partial charge in [-0.05, 0) is 59.0 Å². The monoisotopic (exact) mass is 372 g/mol. The summed E-state index contributed by atoms with van der Waals surface area (Å²) in [6.45, 7) is 0. The first kappa shape index (κ1) is 11.9. The Labute approximate surface area is 121 Å². The summed E-state index contributed by atoms with van der Waals surface area (Å²) in [6.07, 6.45) is 0. The van der Waals surface area contributed by atoms with E-state index < -0.39 is 0 Å². The van der Waals surface area contributed by atoms with Crippen molar-refractivity contribution in [1.82, 2.24) is 9.97 Å². The van der Waals surface area contributed by atoms with E-state index in [9.17, 15) is 4.39 Å². The molecule has 0 spiro atoms. The van der Waals surface area contributed by atoms with Gasteiger partial charge in [0.2, 0.25) is 0 Å². The topological polar surface area (TPSA) is 28.7 Å². The number of hydrogen-bond acceptors (Lipinski definition) is 1. The lowest BCUT2D eigenvalue weighted by molar-refractivity contribution is 0.627. The van der Waals surface area contributed by atoms with Crippen molar-refractivity contribution in [3.63, 3.8) is 0 Å². The fraction of sp³-hybridized carbons (Fsp3) is 0. The minimum absolute atomic E-state index is 0.248. The van der Waals surface area contributed by atoms with Gasteiger partial charge < -0.3 is 4.98 Å². The lowest BCUT2D eigenvalue weighted by atomic mass is 10.2. The number of aromatic amines is 1. The van der Waals surface area contributed by atoms with Gasteiger partial charge in [-0.1, -0.05) is 11.6 Å². The Hall–Kier alpha value is -1.14. The van der Waals surface area contributed by atoms with Gasteiger partial charge in [-0.15, -0.1) is 0 Å². The number of H-pyrrole nitrogens is 1. The summed E-state index contributed by atoms with van der Waals surface area (Å²) in [5.41, 5.74) is 2.59. The highest BCUT2D eigenvalue weighted by atomic mass is 127. The highest BCUT2D eigenvalue weighted by Gasteiger charge is 2.09. The van der Waals surface area contributed by atoms with Crippen LogP contribution in [0, 0.1) is 9.39 Å². The van der Waals surface area contributed by atoms with Crippen LogP contribution < -0.4 is 0 Å². The van der Waals surface area contributed by atoms with Crippen LogP contribution in [0.2, 0.25) is 5.02 Å². The molecule has 18 heavy (non-hydrogen) atoms. The van der Waals surface area contributed by atoms with Gasteiger partial charge in [0.05, 0.1) is 11.0 Å². The Morgan fingerprint density at radius 3 is 2.78 bits per heavy atom. The summed E-state index contributed by atoms with van der Waals surface area (Å²) in [5, 5.41) is 0.659. The molecule has 2 aromatic carbocycles. The third-order valence-corrected chi connectivity index (χ3v) is 3.76. The molecule has 2 nitrogen and oxygen atoms in total. The lowest BCUT2D eigenvalue weighted by Crippen LogP contribution is -1.86. The van der Waals surface area contributed by atoms with Gasteiger partial charge >= 0.3 is 0 Å². The molecule has 1 N–H and O–H groups in total. The number of imidazole rings is 1. The zero-order valence-corrected chi connectivity index (χ0v) is 12.0. The molecular formula is C13H7ClFIN2. The van der Waals surface area contributed by atoms with Crippen molar-refractivity contribution in [2.24, 2.45) is 0 Å². The van der Waals surface area contributed by atoms with Gasteiger partial charge in [0.15, 0.2) is 0 Å². The smallest absolute Gasteiger partial charge is 0.139 e. The van der Waals surface area contributed by atoms with Crippen LogP contribution in [0.3, 0.4) is 0 Å². The molecule has 0 fully saturated rings. The summed E-state index contributed by atoms with van der Waals surface area (Å²) >= 11 is 8.02. The van der Waals surface area contributed by atoms with E-state index in [2.05, 4.69) is 32.6 Å². The number of nitrogens with zero attached hydrogens (tertiary/aromatic N) is 1. The van der Waals surface area contributed by atoms with E-state index in [1.807, 2.05) is 12.1 Å². The maximum absolute atomic E-state index is 13.1. The first-order chi connectivity index (χ1) is 8.63. The van der Waals surface area contributed by atoms with Gasteiger partial charge in [-0.3, -0.25) is 0 Å². The van der Waals surface area contributed by atoms with Crippen LogP contribution in [0.1, 0.15) is 0 Å². The third-order valence-electron chi connectivity index (χ3n) is 2.63. The van der Waals surface area contributed by atoms with E-state index in [0.29, 0.717) is 5.02 Å². The lowest BCUT2D eigenvalue weighted by Gasteiger charge is -2.00. The van der Waals surface area contributed by atoms with Crippen LogP contribution in [-0.4, -0.2) is 9.97 Å². The van der Waals surface area contributed by atoms with Crippen LogP contribution in [0.5, 0.6) is 0 Å². The number of nitrogens with one attached hydrogen (secondary N) is 1. The molecule has 90 valence electrons. The number of fused-ring (bicyclic) bond motifs is 1. The molecule has 1 aromatic heterocycles. The second-order valence-corrected chi connectivity index (χ2v) is 5.47. The summed E-state index contributed by atoms with van der Waals surface area (Å²) in [6, 6.07) is 10.1. The SMILES string of the molecule is Fc1ccc(-c2nc3ccc(Cl)cc3[nH]2)c(I)c1. The molecule has 0 aliphatic heterocycles. The first-order valence-electron chi connectivity index (χ1n) is 5.24. The van der Waals surface area contributed by atoms with Gasteiger partial charge in [0, 0.05) is 14.2 Å². The Balaban J connectivity index is 2.19. The van der Waals surface area contributed by atoms with Crippen molar-refractivity contribution in [3.05, 3.63) is 50.8 Å². The Morgan fingerprint density at radius 1 is 1.17 bits per heavy atom. The highest BCUT2D eigenvalue weighted by Crippen LogP contribution is 2.26. The van der Waals surface area contributed by atoms with Crippen molar-refractivity contribution >= 4 is 45.2 Å². The van der Waals surface area contributed by atoms with Gasteiger partial charge in [0.25, 0.3) is 0 Å². The maximum atomic E-state index is 13.1. The first-order valence-corrected chi connectivity index (χ1v) is 6.70. The predicted octanol–water partition coefficient (Wildman–Crippen LogP) is 4.63. The van der Waals surface area contributed by atoms with Crippen LogP contribution in [0.25, 0.3) is 22.4 Å². The molecule has 1 heterocycles. The molecule has 0 saturated heterocycles. The number of benzene rings is 2. The standard InChI is InChI=1S/C13H7ClFIN2/c14-7-1-4-11-12(5-7)18-13(17-11)9-3-2-8(15)6-10(9)16/h1-6H,(H,17,18). The second-order valence-electron chi connectivity index (χ2n) is 3.87. The van der Waals surface area contributed by atoms with Crippen molar-refractivity contribution in [1.29, 1.82) is 0 Å². The number of halogens is 3. The molecule has 0 atom stereocenters. The summed E-state index contributed by atoms with van der Waals surface area (Å²) in [5.74, 6) is 0.471. The highest BCUT2D eigenvalue weighted by molar-refractivity contribution is 14.1. The summed E-state index contributed by atoms with van der Waals surface area (Å²) in [4.78, 5) is 7.66. The molecule has 0 amide bonds. The predicted molar refractivity (Wildman–Crippen MR) is 79.2 cm³/mol. The molecule has 0 saturated carbocycles. The largest absolute Gasteiger partial charge is 0.338 e. The molecule has 3 rings (SSSR count). The van der Waals surface area contributed by atoms with E-state index in [1.165, 1.54) is 12.1 Å². The van der Waals surface area contributed by atoms with E-state index >= 15 is 0 Å². The van der Waals surface area contributed by atoms with Crippen LogP contribution in [-0.2, 0) is 0 Å². The second kappa shape index (κ2) is 4.51. The molecule has 3 aromatic rings. The minimum Gasteiger partial charge on any atom is -0.338 e. The quantitative estimate of drug-likeness (QED) is 0.620. The number of hydrogen-bond donors (Lipinski definition) is 1. The van der Waals surface area contributed by atoms with Crippen molar-refractivity contribution in [2.75, 3.05) is 0 Å². The van der Waals surface area contributed by atoms with E-state index in [0.717, 1.165) is 26.0 Å². The van der Waals surface area contributed by atoms with Crippen molar-refractivity contribution in [2.45, 2.75) is 0 Å². The Kier molecular flexibility index (Phi) is 2.99. The molecule has 0 radical (unpaired) electrons. The maximum Gasteiger partial charge on any atom is 0.139 e. The van der Waals surface area contributed by atoms with Crippen LogP contribution in [0.4, 0.5) is 4.39 Å². The molecule has 5 heteroatoms. The van der Waals surface area contributed by atoms with Crippen LogP contribution >= 0.6 is 34.2 Å². The average molecular weight is 373 g/mol. The van der Waals surface area contributed by atoms with E-state index in [4.69, 9.17) is 11.6 Å². The summed E-state index contributed by atoms with van der Waals surface area (Å²) in [7, 11) is 0. The van der Waals surface area contributed by atoms with E-state index in [1.54, 1.807) is 12.1 Å². The molecule has 0 bridgehead atoms. The Bertz CT molecular complexity index is 739. The van der Waals surface area contributed by atoms with Crippen LogP contribution in [0.15, 0.2) is 36.4 Å². The zero-order valence-electron chi connectivity index (χ0n) is 9.05. The zero-order chi connectivity index (χ0) is 12.7. The molecular weight excluding hydrogens is 366 g/mol.